The Hall–Kier alpha value is -1.05. The molecule has 1 aliphatic heterocycles. The average Bonchev–Trinajstić information content (AvgIpc) is 2.99. The predicted octanol–water partition coefficient (Wildman–Crippen LogP) is 2.38. The first kappa shape index (κ1) is 21.0. The van der Waals surface area contributed by atoms with Crippen LogP contribution in [0.1, 0.15) is 30.3 Å². The lowest BCUT2D eigenvalue weighted by molar-refractivity contribution is -0.133. The number of furan rings is 1. The van der Waals surface area contributed by atoms with E-state index < -0.39 is 0 Å². The van der Waals surface area contributed by atoms with Crippen molar-refractivity contribution in [2.24, 2.45) is 5.92 Å². The van der Waals surface area contributed by atoms with Gasteiger partial charge in [-0.1, -0.05) is 6.92 Å². The van der Waals surface area contributed by atoms with Crippen LogP contribution in [0.15, 0.2) is 21.2 Å². The molecule has 1 aromatic heterocycles. The van der Waals surface area contributed by atoms with Gasteiger partial charge in [-0.15, -0.1) is 12.4 Å². The molecule has 0 atom stereocenters. The molecular weight excluding hydrogens is 398 g/mol. The second kappa shape index (κ2) is 10.1. The highest BCUT2D eigenvalue weighted by Gasteiger charge is 2.25. The van der Waals surface area contributed by atoms with Gasteiger partial charge < -0.3 is 19.5 Å². The summed E-state index contributed by atoms with van der Waals surface area (Å²) in [6, 6.07) is 3.26. The summed E-state index contributed by atoms with van der Waals surface area (Å²) >= 11 is 3.17. The number of nitrogens with zero attached hydrogens (tertiary/aromatic N) is 2. The molecule has 6 nitrogen and oxygen atoms in total. The van der Waals surface area contributed by atoms with Gasteiger partial charge in [-0.2, -0.15) is 0 Å². The Morgan fingerprint density at radius 3 is 2.58 bits per heavy atom. The summed E-state index contributed by atoms with van der Waals surface area (Å²) in [7, 11) is 1.62. The molecule has 1 N–H and O–H groups in total. The Morgan fingerprint density at radius 2 is 2.04 bits per heavy atom. The molecule has 1 saturated heterocycles. The highest BCUT2D eigenvalue weighted by Crippen LogP contribution is 2.18. The van der Waals surface area contributed by atoms with Crippen molar-refractivity contribution in [3.63, 3.8) is 0 Å². The quantitative estimate of drug-likeness (QED) is 0.764. The van der Waals surface area contributed by atoms with E-state index in [2.05, 4.69) is 28.2 Å². The molecule has 0 bridgehead atoms. The van der Waals surface area contributed by atoms with E-state index in [0.717, 1.165) is 39.0 Å². The number of hydrogen-bond donors (Lipinski definition) is 1. The predicted molar refractivity (Wildman–Crippen MR) is 98.5 cm³/mol. The molecule has 1 aliphatic rings. The smallest absolute Gasteiger partial charge is 0.289 e. The molecule has 0 unspecified atom stereocenters. The van der Waals surface area contributed by atoms with Crippen LogP contribution in [-0.4, -0.2) is 61.4 Å². The standard InChI is InChI=1S/C16H24BrN3O3.ClH/c1-3-18-10-12-6-8-20(9-7-12)15(21)11-19(2)16(22)13-4-5-14(17)23-13;/h4-5,12,18H,3,6-11H2,1-2H3;1H. The molecule has 8 heteroatoms. The number of nitrogens with one attached hydrogen (secondary N) is 1. The number of carbonyl (C=O) groups is 2. The number of hydrogen-bond acceptors (Lipinski definition) is 4. The first-order chi connectivity index (χ1) is 11.0. The Labute approximate surface area is 157 Å². The number of likely N-dealkylation sites (tertiary alicyclic amines) is 1. The summed E-state index contributed by atoms with van der Waals surface area (Å²) in [5, 5.41) is 3.36. The summed E-state index contributed by atoms with van der Waals surface area (Å²) in [4.78, 5) is 27.8. The van der Waals surface area contributed by atoms with Crippen LogP contribution in [0, 0.1) is 5.92 Å². The first-order valence-corrected chi connectivity index (χ1v) is 8.79. The fourth-order valence-electron chi connectivity index (χ4n) is 2.73. The van der Waals surface area contributed by atoms with Crippen LogP contribution in [0.4, 0.5) is 0 Å². The highest BCUT2D eigenvalue weighted by molar-refractivity contribution is 9.10. The minimum absolute atomic E-state index is 0. The van der Waals surface area contributed by atoms with Crippen molar-refractivity contribution < 1.29 is 14.0 Å². The minimum Gasteiger partial charge on any atom is -0.444 e. The summed E-state index contributed by atoms with van der Waals surface area (Å²) in [6.45, 7) is 5.71. The molecule has 0 saturated carbocycles. The van der Waals surface area contributed by atoms with Crippen LogP contribution in [0.5, 0.6) is 0 Å². The third-order valence-corrected chi connectivity index (χ3v) is 4.58. The maximum Gasteiger partial charge on any atom is 0.289 e. The van der Waals surface area contributed by atoms with E-state index >= 15 is 0 Å². The van der Waals surface area contributed by atoms with E-state index in [0.29, 0.717) is 10.6 Å². The second-order valence-corrected chi connectivity index (χ2v) is 6.68. The van der Waals surface area contributed by atoms with E-state index in [1.165, 1.54) is 4.90 Å². The van der Waals surface area contributed by atoms with E-state index in [1.807, 2.05) is 4.90 Å². The Balaban J connectivity index is 0.00000288. The zero-order chi connectivity index (χ0) is 16.8. The van der Waals surface area contributed by atoms with Crippen molar-refractivity contribution in [3.05, 3.63) is 22.6 Å². The lowest BCUT2D eigenvalue weighted by Crippen LogP contribution is -2.45. The Morgan fingerprint density at radius 1 is 1.38 bits per heavy atom. The van der Waals surface area contributed by atoms with Crippen molar-refractivity contribution in [1.29, 1.82) is 0 Å². The van der Waals surface area contributed by atoms with Crippen LogP contribution >= 0.6 is 28.3 Å². The highest BCUT2D eigenvalue weighted by atomic mass is 79.9. The molecular formula is C16H25BrClN3O3. The van der Waals surface area contributed by atoms with Crippen LogP contribution in [0.3, 0.4) is 0 Å². The fourth-order valence-corrected chi connectivity index (χ4v) is 3.03. The number of piperidine rings is 1. The number of halogens is 2. The molecule has 2 rings (SSSR count). The zero-order valence-electron chi connectivity index (χ0n) is 14.1. The van der Waals surface area contributed by atoms with Crippen molar-refractivity contribution >= 4 is 40.2 Å². The second-order valence-electron chi connectivity index (χ2n) is 5.90. The average molecular weight is 423 g/mol. The van der Waals surface area contributed by atoms with Gasteiger partial charge >= 0.3 is 0 Å². The van der Waals surface area contributed by atoms with Crippen LogP contribution < -0.4 is 5.32 Å². The molecule has 0 aromatic carbocycles. The van der Waals surface area contributed by atoms with E-state index in [1.54, 1.807) is 19.2 Å². The van der Waals surface area contributed by atoms with Gasteiger partial charge in [0.2, 0.25) is 5.91 Å². The minimum atomic E-state index is -0.286. The monoisotopic (exact) mass is 421 g/mol. The molecule has 0 radical (unpaired) electrons. The largest absolute Gasteiger partial charge is 0.444 e. The number of rotatable bonds is 6. The molecule has 1 aromatic rings. The van der Waals surface area contributed by atoms with Gasteiger partial charge in [-0.05, 0) is 59.9 Å². The summed E-state index contributed by atoms with van der Waals surface area (Å²) < 4.78 is 5.74. The SMILES string of the molecule is CCNCC1CCN(C(=O)CN(C)C(=O)c2ccc(Br)o2)CC1.Cl. The van der Waals surface area contributed by atoms with Gasteiger partial charge in [0, 0.05) is 20.1 Å². The maximum absolute atomic E-state index is 12.3. The van der Waals surface area contributed by atoms with Crippen LogP contribution in [0.2, 0.25) is 0 Å². The molecule has 2 heterocycles. The maximum atomic E-state index is 12.3. The zero-order valence-corrected chi connectivity index (χ0v) is 16.5. The lowest BCUT2D eigenvalue weighted by atomic mass is 9.97. The fraction of sp³-hybridized carbons (Fsp3) is 0.625. The summed E-state index contributed by atoms with van der Waals surface area (Å²) in [5.74, 6) is 0.579. The van der Waals surface area contributed by atoms with Gasteiger partial charge in [0.15, 0.2) is 10.4 Å². The van der Waals surface area contributed by atoms with Crippen molar-refractivity contribution in [1.82, 2.24) is 15.1 Å². The van der Waals surface area contributed by atoms with E-state index in [9.17, 15) is 9.59 Å². The van der Waals surface area contributed by atoms with Crippen LogP contribution in [-0.2, 0) is 4.79 Å². The van der Waals surface area contributed by atoms with Gasteiger partial charge in [0.25, 0.3) is 5.91 Å². The van der Waals surface area contributed by atoms with Crippen molar-refractivity contribution in [2.75, 3.05) is 39.8 Å². The molecule has 2 amide bonds. The van der Waals surface area contributed by atoms with Crippen LogP contribution in [0.25, 0.3) is 0 Å². The van der Waals surface area contributed by atoms with Crippen molar-refractivity contribution in [3.8, 4) is 0 Å². The van der Waals surface area contributed by atoms with Gasteiger partial charge in [-0.3, -0.25) is 9.59 Å². The number of amides is 2. The van der Waals surface area contributed by atoms with Gasteiger partial charge in [-0.25, -0.2) is 0 Å². The molecule has 24 heavy (non-hydrogen) atoms. The lowest BCUT2D eigenvalue weighted by Gasteiger charge is -2.33. The first-order valence-electron chi connectivity index (χ1n) is 8.00. The van der Waals surface area contributed by atoms with E-state index in [-0.39, 0.29) is 36.5 Å². The molecule has 0 aliphatic carbocycles. The summed E-state index contributed by atoms with van der Waals surface area (Å²) in [6.07, 6.45) is 2.03. The Kier molecular flexibility index (Phi) is 8.80. The van der Waals surface area contributed by atoms with Crippen molar-refractivity contribution in [2.45, 2.75) is 19.8 Å². The van der Waals surface area contributed by atoms with Gasteiger partial charge in [0.05, 0.1) is 6.54 Å². The number of carbonyl (C=O) groups excluding carboxylic acids is 2. The molecule has 0 spiro atoms. The molecule has 1 fully saturated rings. The Bertz CT molecular complexity index is 544. The number of likely N-dealkylation sites (N-methyl/N-ethyl adjacent to an activating group) is 1. The normalized spacial score (nSPS) is 15.0. The van der Waals surface area contributed by atoms with E-state index in [4.69, 9.17) is 4.42 Å². The molecule has 136 valence electrons. The third kappa shape index (κ3) is 5.79. The van der Waals surface area contributed by atoms with Gasteiger partial charge in [0.1, 0.15) is 0 Å². The topological polar surface area (TPSA) is 65.8 Å². The third-order valence-electron chi connectivity index (χ3n) is 4.15. The summed E-state index contributed by atoms with van der Waals surface area (Å²) in [5.41, 5.74) is 0.